The summed E-state index contributed by atoms with van der Waals surface area (Å²) in [6, 6.07) is 8.49. The number of hydrogen-bond donors (Lipinski definition) is 2. The number of alkyl halides is 3. The molecule has 228 valence electrons. The molecule has 13 heteroatoms. The number of carbonyl (C=O) groups is 2. The van der Waals surface area contributed by atoms with Gasteiger partial charge in [0.05, 0.1) is 17.6 Å². The molecule has 2 saturated carbocycles. The van der Waals surface area contributed by atoms with E-state index in [0.717, 1.165) is 24.9 Å². The first-order valence-corrected chi connectivity index (χ1v) is 15.9. The largest absolute Gasteiger partial charge is 0.494 e. The van der Waals surface area contributed by atoms with Crippen molar-refractivity contribution in [3.8, 4) is 5.75 Å². The Morgan fingerprint density at radius 1 is 1.12 bits per heavy atom. The number of hydrogen-bond acceptors (Lipinski definition) is 6. The first-order valence-electron chi connectivity index (χ1n) is 14.4. The van der Waals surface area contributed by atoms with Gasteiger partial charge < -0.3 is 10.1 Å². The molecule has 0 bridgehead atoms. The number of sulfonamides is 1. The van der Waals surface area contributed by atoms with Crippen molar-refractivity contribution in [3.05, 3.63) is 53.4 Å². The molecule has 42 heavy (non-hydrogen) atoms. The number of nitrogens with one attached hydrogen (secondary N) is 2. The number of carbonyl (C=O) groups excluding carboxylic acids is 2. The molecule has 0 unspecified atom stereocenters. The van der Waals surface area contributed by atoms with Crippen molar-refractivity contribution in [1.29, 1.82) is 0 Å². The van der Waals surface area contributed by atoms with Gasteiger partial charge in [0.25, 0.3) is 11.8 Å². The van der Waals surface area contributed by atoms with Crippen LogP contribution in [0.25, 0.3) is 5.57 Å². The van der Waals surface area contributed by atoms with Gasteiger partial charge in [-0.15, -0.1) is 0 Å². The summed E-state index contributed by atoms with van der Waals surface area (Å²) in [6.07, 6.45) is 2.49. The second kappa shape index (κ2) is 12.5. The SMILES string of the molecule is O=C1N[C@@H](CCc2ccc(OCCCC(F)(F)F)cc2)CC(c2ccn(CC3CCC3)n2)=C1C(=O)NS(=O)(=O)C1CC1. The van der Waals surface area contributed by atoms with E-state index in [1.807, 2.05) is 23.0 Å². The summed E-state index contributed by atoms with van der Waals surface area (Å²) in [5.41, 5.74) is 1.62. The van der Waals surface area contributed by atoms with Gasteiger partial charge in [0.1, 0.15) is 11.3 Å². The van der Waals surface area contributed by atoms with Gasteiger partial charge in [-0.25, -0.2) is 13.1 Å². The molecule has 0 radical (unpaired) electrons. The van der Waals surface area contributed by atoms with Gasteiger partial charge in [-0.3, -0.25) is 14.3 Å². The van der Waals surface area contributed by atoms with Gasteiger partial charge in [-0.1, -0.05) is 18.6 Å². The number of rotatable bonds is 13. The average Bonchev–Trinajstić information content (AvgIpc) is 3.67. The van der Waals surface area contributed by atoms with Crippen LogP contribution in [0.3, 0.4) is 0 Å². The van der Waals surface area contributed by atoms with Gasteiger partial charge in [0.15, 0.2) is 0 Å². The molecular weight excluding hydrogens is 573 g/mol. The molecular formula is C29H35F3N4O5S. The molecule has 1 aliphatic heterocycles. The normalized spacial score (nSPS) is 19.8. The maximum absolute atomic E-state index is 13.2. The van der Waals surface area contributed by atoms with E-state index >= 15 is 0 Å². The molecule has 9 nitrogen and oxygen atoms in total. The molecule has 2 amide bonds. The molecule has 2 fully saturated rings. The predicted molar refractivity (Wildman–Crippen MR) is 149 cm³/mol. The van der Waals surface area contributed by atoms with Crippen molar-refractivity contribution in [3.63, 3.8) is 0 Å². The van der Waals surface area contributed by atoms with Crippen molar-refractivity contribution in [1.82, 2.24) is 19.8 Å². The Labute approximate surface area is 242 Å². The summed E-state index contributed by atoms with van der Waals surface area (Å²) < 4.78 is 71.1. The molecule has 1 aromatic carbocycles. The summed E-state index contributed by atoms with van der Waals surface area (Å²) in [4.78, 5) is 26.4. The Hall–Kier alpha value is -3.35. The lowest BCUT2D eigenvalue weighted by Gasteiger charge is -2.27. The summed E-state index contributed by atoms with van der Waals surface area (Å²) >= 11 is 0. The zero-order valence-electron chi connectivity index (χ0n) is 23.2. The first-order chi connectivity index (χ1) is 20.0. The highest BCUT2D eigenvalue weighted by Crippen LogP contribution is 2.32. The fourth-order valence-electron chi connectivity index (χ4n) is 5.20. The summed E-state index contributed by atoms with van der Waals surface area (Å²) in [6.45, 7) is 0.721. The van der Waals surface area contributed by atoms with Crippen LogP contribution in [0, 0.1) is 5.92 Å². The van der Waals surface area contributed by atoms with E-state index in [1.165, 1.54) is 6.42 Å². The Morgan fingerprint density at radius 3 is 2.50 bits per heavy atom. The van der Waals surface area contributed by atoms with Crippen LogP contribution in [-0.2, 0) is 32.6 Å². The van der Waals surface area contributed by atoms with Gasteiger partial charge in [0, 0.05) is 30.8 Å². The molecule has 1 atom stereocenters. The second-order valence-corrected chi connectivity index (χ2v) is 13.3. The number of ether oxygens (including phenoxy) is 1. The number of nitrogens with zero attached hydrogens (tertiary/aromatic N) is 2. The molecule has 0 spiro atoms. The monoisotopic (exact) mass is 608 g/mol. The van der Waals surface area contributed by atoms with Crippen LogP contribution < -0.4 is 14.8 Å². The highest BCUT2D eigenvalue weighted by atomic mass is 32.2. The third-order valence-corrected chi connectivity index (χ3v) is 9.76. The fraction of sp³-hybridized carbons (Fsp3) is 0.552. The van der Waals surface area contributed by atoms with Crippen LogP contribution in [-0.4, -0.2) is 54.1 Å². The zero-order valence-corrected chi connectivity index (χ0v) is 24.0. The Kier molecular flexibility index (Phi) is 8.95. The van der Waals surface area contributed by atoms with E-state index in [2.05, 4.69) is 15.1 Å². The molecule has 0 saturated heterocycles. The van der Waals surface area contributed by atoms with Crippen LogP contribution >= 0.6 is 0 Å². The van der Waals surface area contributed by atoms with Crippen molar-refractivity contribution < 1.29 is 35.9 Å². The summed E-state index contributed by atoms with van der Waals surface area (Å²) in [5, 5.41) is 6.90. The standard InChI is InChI=1S/C29H35F3N4O5S/c30-29(31,32)14-2-16-41-22-9-6-19(7-10-22)5-8-21-17-24(25-13-15-36(34-25)18-20-3-1-4-20)26(27(37)33-21)28(38)35-42(39,40)23-11-12-23/h6-7,9-10,13,15,20-21,23H,1-5,8,11-12,14,16-18H2,(H,33,37)(H,35,38)/t21-/m0/s1. The molecule has 3 aliphatic rings. The highest BCUT2D eigenvalue weighted by Gasteiger charge is 2.40. The van der Waals surface area contributed by atoms with Gasteiger partial charge >= 0.3 is 6.18 Å². The van der Waals surface area contributed by atoms with Crippen molar-refractivity contribution >= 4 is 27.4 Å². The van der Waals surface area contributed by atoms with Crippen molar-refractivity contribution in [2.75, 3.05) is 6.61 Å². The number of amides is 2. The van der Waals surface area contributed by atoms with E-state index < -0.39 is 39.7 Å². The summed E-state index contributed by atoms with van der Waals surface area (Å²) in [7, 11) is -3.85. The number of halogens is 3. The smallest absolute Gasteiger partial charge is 0.389 e. The van der Waals surface area contributed by atoms with Crippen LogP contribution in [0.4, 0.5) is 13.2 Å². The van der Waals surface area contributed by atoms with E-state index in [-0.39, 0.29) is 24.6 Å². The minimum atomic E-state index is -4.20. The van der Waals surface area contributed by atoms with Crippen LogP contribution in [0.2, 0.25) is 0 Å². The fourth-order valence-corrected chi connectivity index (χ4v) is 6.49. The summed E-state index contributed by atoms with van der Waals surface area (Å²) in [5.74, 6) is -0.545. The zero-order chi connectivity index (χ0) is 29.9. The number of benzene rings is 1. The predicted octanol–water partition coefficient (Wildman–Crippen LogP) is 4.29. The lowest BCUT2D eigenvalue weighted by molar-refractivity contribution is -0.136. The maximum Gasteiger partial charge on any atom is 0.389 e. The third kappa shape index (κ3) is 7.93. The molecule has 1 aromatic heterocycles. The van der Waals surface area contributed by atoms with Crippen LogP contribution in [0.15, 0.2) is 42.1 Å². The van der Waals surface area contributed by atoms with Gasteiger partial charge in [-0.05, 0) is 81.0 Å². The maximum atomic E-state index is 13.2. The van der Waals surface area contributed by atoms with E-state index in [9.17, 15) is 31.2 Å². The molecule has 5 rings (SSSR count). The van der Waals surface area contributed by atoms with E-state index in [4.69, 9.17) is 4.74 Å². The lowest BCUT2D eigenvalue weighted by Crippen LogP contribution is -2.46. The minimum Gasteiger partial charge on any atom is -0.494 e. The van der Waals surface area contributed by atoms with Crippen molar-refractivity contribution in [2.24, 2.45) is 5.92 Å². The quantitative estimate of drug-likeness (QED) is 0.259. The average molecular weight is 609 g/mol. The third-order valence-electron chi connectivity index (χ3n) is 7.94. The van der Waals surface area contributed by atoms with E-state index in [1.54, 1.807) is 18.2 Å². The lowest BCUT2D eigenvalue weighted by atomic mass is 9.85. The molecule has 2 aliphatic carbocycles. The van der Waals surface area contributed by atoms with E-state index in [0.29, 0.717) is 55.0 Å². The van der Waals surface area contributed by atoms with Crippen LogP contribution in [0.1, 0.15) is 69.0 Å². The topological polar surface area (TPSA) is 119 Å². The van der Waals surface area contributed by atoms with Crippen molar-refractivity contribution in [2.45, 2.75) is 88.2 Å². The highest BCUT2D eigenvalue weighted by molar-refractivity contribution is 7.91. The minimum absolute atomic E-state index is 0.0314. The molecule has 2 aromatic rings. The number of aryl methyl sites for hydroxylation is 1. The first kappa shape index (κ1) is 30.1. The molecule has 2 N–H and O–H groups in total. The van der Waals surface area contributed by atoms with Gasteiger partial charge in [-0.2, -0.15) is 18.3 Å². The second-order valence-electron chi connectivity index (χ2n) is 11.4. The van der Waals surface area contributed by atoms with Crippen LogP contribution in [0.5, 0.6) is 5.75 Å². The Morgan fingerprint density at radius 2 is 1.86 bits per heavy atom. The van der Waals surface area contributed by atoms with Gasteiger partial charge in [0.2, 0.25) is 10.0 Å². The molecule has 2 heterocycles. The Bertz CT molecular complexity index is 1430. The number of aromatic nitrogens is 2. The Balaban J connectivity index is 1.25.